The molecular formula is C11H11FN2OS2. The van der Waals surface area contributed by atoms with E-state index in [4.69, 9.17) is 0 Å². The highest BCUT2D eigenvalue weighted by Crippen LogP contribution is 2.34. The fraction of sp³-hybridized carbons (Fsp3) is 0.455. The Morgan fingerprint density at radius 1 is 1.47 bits per heavy atom. The third kappa shape index (κ3) is 1.89. The van der Waals surface area contributed by atoms with Gasteiger partial charge in [-0.1, -0.05) is 11.8 Å². The Morgan fingerprint density at radius 3 is 3.18 bits per heavy atom. The number of aromatic nitrogens is 2. The molecule has 0 amide bonds. The number of nitrogens with zero attached hydrogens (tertiary/aromatic N) is 1. The minimum absolute atomic E-state index is 0.0734. The van der Waals surface area contributed by atoms with Crippen LogP contribution in [0.3, 0.4) is 0 Å². The molecule has 1 N–H and O–H groups in total. The summed E-state index contributed by atoms with van der Waals surface area (Å²) in [4.78, 5) is 21.2. The molecule has 0 atom stereocenters. The smallest absolute Gasteiger partial charge is 0.260 e. The number of aryl methyl sites for hydroxylation is 2. The molecule has 0 aliphatic heterocycles. The first kappa shape index (κ1) is 11.2. The van der Waals surface area contributed by atoms with Gasteiger partial charge in [0.05, 0.1) is 12.1 Å². The van der Waals surface area contributed by atoms with Crippen LogP contribution in [0.4, 0.5) is 4.39 Å². The van der Waals surface area contributed by atoms with Crippen molar-refractivity contribution < 1.29 is 4.39 Å². The molecule has 90 valence electrons. The van der Waals surface area contributed by atoms with Gasteiger partial charge in [-0.05, 0) is 24.8 Å². The van der Waals surface area contributed by atoms with Gasteiger partial charge in [0.15, 0.2) is 5.16 Å². The molecule has 0 bridgehead atoms. The predicted molar refractivity (Wildman–Crippen MR) is 69.0 cm³/mol. The van der Waals surface area contributed by atoms with Crippen LogP contribution in [-0.4, -0.2) is 22.4 Å². The first-order valence-corrected chi connectivity index (χ1v) is 7.33. The van der Waals surface area contributed by atoms with E-state index in [-0.39, 0.29) is 5.56 Å². The zero-order valence-corrected chi connectivity index (χ0v) is 10.7. The molecule has 6 heteroatoms. The third-order valence-corrected chi connectivity index (χ3v) is 4.88. The minimum atomic E-state index is -0.409. The number of H-pyrrole nitrogens is 1. The van der Waals surface area contributed by atoms with Gasteiger partial charge in [0.2, 0.25) is 0 Å². The van der Waals surface area contributed by atoms with Crippen molar-refractivity contribution >= 4 is 33.3 Å². The maximum atomic E-state index is 12.1. The normalized spacial score (nSPS) is 14.4. The number of alkyl halides is 1. The van der Waals surface area contributed by atoms with Crippen LogP contribution in [0.5, 0.6) is 0 Å². The van der Waals surface area contributed by atoms with Crippen LogP contribution in [0.1, 0.15) is 16.9 Å². The molecule has 17 heavy (non-hydrogen) atoms. The second-order valence-corrected chi connectivity index (χ2v) is 6.11. The number of thioether (sulfide) groups is 1. The number of thiophene rings is 1. The standard InChI is InChI=1S/C11H11FN2OS2/c12-4-5-16-11-13-9(15)8-6-2-1-3-7(6)17-10(8)14-11/h1-5H2,(H,13,14,15). The summed E-state index contributed by atoms with van der Waals surface area (Å²) in [5.74, 6) is 0.333. The molecule has 3 nitrogen and oxygen atoms in total. The van der Waals surface area contributed by atoms with Crippen molar-refractivity contribution in [3.05, 3.63) is 20.8 Å². The molecule has 2 heterocycles. The van der Waals surface area contributed by atoms with Crippen LogP contribution in [0.25, 0.3) is 10.2 Å². The Morgan fingerprint density at radius 2 is 2.35 bits per heavy atom. The Kier molecular flexibility index (Phi) is 2.92. The maximum absolute atomic E-state index is 12.1. The zero-order valence-electron chi connectivity index (χ0n) is 9.09. The van der Waals surface area contributed by atoms with E-state index in [0.29, 0.717) is 10.9 Å². The molecule has 2 aromatic rings. The SMILES string of the molecule is O=c1[nH]c(SCCF)nc2sc3c(c12)CCC3. The van der Waals surface area contributed by atoms with Gasteiger partial charge in [-0.15, -0.1) is 11.3 Å². The van der Waals surface area contributed by atoms with Crippen LogP contribution < -0.4 is 5.56 Å². The summed E-state index contributed by atoms with van der Waals surface area (Å²) in [7, 11) is 0. The van der Waals surface area contributed by atoms with Crippen molar-refractivity contribution in [3.63, 3.8) is 0 Å². The summed E-state index contributed by atoms with van der Waals surface area (Å²) in [6.45, 7) is -0.409. The van der Waals surface area contributed by atoms with E-state index in [2.05, 4.69) is 9.97 Å². The lowest BCUT2D eigenvalue weighted by Crippen LogP contribution is -2.09. The monoisotopic (exact) mass is 270 g/mol. The van der Waals surface area contributed by atoms with Gasteiger partial charge in [-0.25, -0.2) is 4.98 Å². The molecule has 3 rings (SSSR count). The molecule has 2 aromatic heterocycles. The average molecular weight is 270 g/mol. The van der Waals surface area contributed by atoms with E-state index in [1.54, 1.807) is 11.3 Å². The molecule has 1 aliphatic rings. The van der Waals surface area contributed by atoms with Gasteiger partial charge in [-0.2, -0.15) is 0 Å². The Hall–Kier alpha value is -0.880. The third-order valence-electron chi connectivity index (χ3n) is 2.87. The van der Waals surface area contributed by atoms with Gasteiger partial charge >= 0.3 is 0 Å². The topological polar surface area (TPSA) is 45.8 Å². The quantitative estimate of drug-likeness (QED) is 0.688. The number of hydrogen-bond donors (Lipinski definition) is 1. The highest BCUT2D eigenvalue weighted by molar-refractivity contribution is 7.99. The fourth-order valence-corrected chi connectivity index (χ4v) is 4.10. The molecule has 0 saturated carbocycles. The number of aromatic amines is 1. The Bertz CT molecular complexity index is 620. The van der Waals surface area contributed by atoms with E-state index >= 15 is 0 Å². The van der Waals surface area contributed by atoms with E-state index in [1.807, 2.05) is 0 Å². The first-order valence-electron chi connectivity index (χ1n) is 5.53. The lowest BCUT2D eigenvalue weighted by Gasteiger charge is -1.98. The van der Waals surface area contributed by atoms with Gasteiger partial charge in [0.1, 0.15) is 4.83 Å². The lowest BCUT2D eigenvalue weighted by molar-refractivity contribution is 0.532. The van der Waals surface area contributed by atoms with E-state index in [0.717, 1.165) is 29.5 Å². The van der Waals surface area contributed by atoms with Crippen LogP contribution in [0.15, 0.2) is 9.95 Å². The highest BCUT2D eigenvalue weighted by atomic mass is 32.2. The molecular weight excluding hydrogens is 259 g/mol. The van der Waals surface area contributed by atoms with Crippen molar-refractivity contribution in [3.8, 4) is 0 Å². The van der Waals surface area contributed by atoms with Gasteiger partial charge in [0.25, 0.3) is 5.56 Å². The van der Waals surface area contributed by atoms with Crippen LogP contribution >= 0.6 is 23.1 Å². The Labute approximate surface area is 105 Å². The summed E-state index contributed by atoms with van der Waals surface area (Å²) in [6, 6.07) is 0. The summed E-state index contributed by atoms with van der Waals surface area (Å²) in [6.07, 6.45) is 3.18. The number of nitrogens with one attached hydrogen (secondary N) is 1. The summed E-state index contributed by atoms with van der Waals surface area (Å²) in [5.41, 5.74) is 1.11. The first-order chi connectivity index (χ1) is 8.29. The number of rotatable bonds is 3. The molecule has 1 aliphatic carbocycles. The van der Waals surface area contributed by atoms with Crippen LogP contribution in [0.2, 0.25) is 0 Å². The largest absolute Gasteiger partial charge is 0.301 e. The fourth-order valence-electron chi connectivity index (χ4n) is 2.19. The second-order valence-electron chi connectivity index (χ2n) is 3.95. The summed E-state index contributed by atoms with van der Waals surface area (Å²) in [5, 5.41) is 1.28. The van der Waals surface area contributed by atoms with E-state index in [1.165, 1.54) is 22.2 Å². The molecule has 0 saturated heterocycles. The number of hydrogen-bond acceptors (Lipinski definition) is 4. The van der Waals surface area contributed by atoms with E-state index in [9.17, 15) is 9.18 Å². The second kappa shape index (κ2) is 4.42. The van der Waals surface area contributed by atoms with Crippen LogP contribution in [-0.2, 0) is 12.8 Å². The van der Waals surface area contributed by atoms with Gasteiger partial charge < -0.3 is 4.98 Å². The number of halogens is 1. The van der Waals surface area contributed by atoms with Crippen LogP contribution in [0, 0.1) is 0 Å². The number of fused-ring (bicyclic) bond motifs is 3. The van der Waals surface area contributed by atoms with Gasteiger partial charge in [0, 0.05) is 10.6 Å². The van der Waals surface area contributed by atoms with Crippen molar-refractivity contribution in [2.24, 2.45) is 0 Å². The zero-order chi connectivity index (χ0) is 11.8. The molecule has 0 spiro atoms. The lowest BCUT2D eigenvalue weighted by atomic mass is 10.2. The maximum Gasteiger partial charge on any atom is 0.260 e. The van der Waals surface area contributed by atoms with Crippen molar-refractivity contribution in [1.29, 1.82) is 0 Å². The molecule has 0 fully saturated rings. The molecule has 0 aromatic carbocycles. The summed E-state index contributed by atoms with van der Waals surface area (Å²) >= 11 is 2.87. The molecule has 0 unspecified atom stereocenters. The average Bonchev–Trinajstić information content (AvgIpc) is 2.85. The van der Waals surface area contributed by atoms with E-state index < -0.39 is 6.67 Å². The highest BCUT2D eigenvalue weighted by Gasteiger charge is 2.20. The Balaban J connectivity index is 2.12. The summed E-state index contributed by atoms with van der Waals surface area (Å²) < 4.78 is 12.1. The van der Waals surface area contributed by atoms with Crippen molar-refractivity contribution in [1.82, 2.24) is 9.97 Å². The van der Waals surface area contributed by atoms with Crippen molar-refractivity contribution in [2.75, 3.05) is 12.4 Å². The predicted octanol–water partition coefficient (Wildman–Crippen LogP) is 2.53. The minimum Gasteiger partial charge on any atom is -0.301 e. The van der Waals surface area contributed by atoms with Crippen molar-refractivity contribution in [2.45, 2.75) is 24.4 Å². The molecule has 0 radical (unpaired) electrons. The van der Waals surface area contributed by atoms with Gasteiger partial charge in [-0.3, -0.25) is 9.18 Å².